The summed E-state index contributed by atoms with van der Waals surface area (Å²) in [5.74, 6) is -1.08. The first-order valence-electron chi connectivity index (χ1n) is 6.91. The van der Waals surface area contributed by atoms with Crippen molar-refractivity contribution in [3.05, 3.63) is 51.2 Å². The maximum absolute atomic E-state index is 12.2. The van der Waals surface area contributed by atoms with Crippen LogP contribution in [0.15, 0.2) is 23.1 Å². The molecule has 0 unspecified atom stereocenters. The molecule has 3 N–H and O–H groups in total. The quantitative estimate of drug-likeness (QED) is 0.742. The zero-order valence-electron chi connectivity index (χ0n) is 12.0. The number of carbonyl (C=O) groups excluding carboxylic acids is 2. The minimum atomic E-state index is -0.754. The third kappa shape index (κ3) is 2.52. The van der Waals surface area contributed by atoms with E-state index in [0.717, 1.165) is 25.0 Å². The Hall–Kier alpha value is -2.83. The molecule has 22 heavy (non-hydrogen) atoms. The van der Waals surface area contributed by atoms with Gasteiger partial charge in [0.1, 0.15) is 11.3 Å². The van der Waals surface area contributed by atoms with E-state index in [9.17, 15) is 14.4 Å². The van der Waals surface area contributed by atoms with Crippen molar-refractivity contribution in [1.82, 2.24) is 9.97 Å². The first-order valence-corrected chi connectivity index (χ1v) is 6.91. The summed E-state index contributed by atoms with van der Waals surface area (Å²) >= 11 is 0. The second kappa shape index (κ2) is 5.51. The number of aryl methyl sites for hydroxylation is 2. The average Bonchev–Trinajstić information content (AvgIpc) is 3.09. The Labute approximate surface area is 125 Å². The summed E-state index contributed by atoms with van der Waals surface area (Å²) in [7, 11) is 1.19. The topological polar surface area (TPSA) is 104 Å². The Morgan fingerprint density at radius 3 is 2.82 bits per heavy atom. The summed E-state index contributed by atoms with van der Waals surface area (Å²) in [6.07, 6.45) is 4.37. The maximum Gasteiger partial charge on any atom is 0.343 e. The van der Waals surface area contributed by atoms with Crippen LogP contribution in [0.4, 0.5) is 5.69 Å². The number of aromatic nitrogens is 2. The first kappa shape index (κ1) is 14.1. The van der Waals surface area contributed by atoms with Crippen LogP contribution in [-0.4, -0.2) is 29.0 Å². The number of anilines is 1. The van der Waals surface area contributed by atoms with Gasteiger partial charge in [0.15, 0.2) is 0 Å². The molecule has 0 spiro atoms. The predicted molar refractivity (Wildman–Crippen MR) is 79.2 cm³/mol. The van der Waals surface area contributed by atoms with Crippen LogP contribution in [0.2, 0.25) is 0 Å². The molecule has 2 aromatic rings. The van der Waals surface area contributed by atoms with E-state index in [2.05, 4.69) is 20.0 Å². The molecule has 3 rings (SSSR count). The molecule has 0 bridgehead atoms. The lowest BCUT2D eigenvalue weighted by Gasteiger charge is -2.05. The van der Waals surface area contributed by atoms with Crippen molar-refractivity contribution >= 4 is 17.6 Å². The van der Waals surface area contributed by atoms with Crippen LogP contribution in [0.1, 0.15) is 38.5 Å². The molecule has 0 aromatic carbocycles. The summed E-state index contributed by atoms with van der Waals surface area (Å²) in [5, 5.41) is 2.65. The second-order valence-electron chi connectivity index (χ2n) is 5.12. The van der Waals surface area contributed by atoms with E-state index < -0.39 is 11.5 Å². The third-order valence-corrected chi connectivity index (χ3v) is 3.68. The molecule has 0 radical (unpaired) electrons. The molecule has 0 saturated heterocycles. The van der Waals surface area contributed by atoms with Crippen LogP contribution in [0.25, 0.3) is 0 Å². The number of esters is 1. The summed E-state index contributed by atoms with van der Waals surface area (Å²) in [6, 6.07) is 3.13. The number of hydrogen-bond donors (Lipinski definition) is 3. The molecule has 2 aromatic heterocycles. The number of rotatable bonds is 3. The summed E-state index contributed by atoms with van der Waals surface area (Å²) in [6.45, 7) is 0. The van der Waals surface area contributed by atoms with Crippen molar-refractivity contribution in [3.8, 4) is 0 Å². The molecule has 7 nitrogen and oxygen atoms in total. The van der Waals surface area contributed by atoms with Crippen LogP contribution >= 0.6 is 0 Å². The number of pyridine rings is 1. The number of carbonyl (C=O) groups is 2. The van der Waals surface area contributed by atoms with Crippen molar-refractivity contribution in [2.45, 2.75) is 19.3 Å². The molecular formula is C15H15N3O4. The molecule has 1 amide bonds. The number of amides is 1. The smallest absolute Gasteiger partial charge is 0.343 e. The Morgan fingerprint density at radius 1 is 1.27 bits per heavy atom. The zero-order valence-corrected chi connectivity index (χ0v) is 12.0. The molecule has 0 saturated carbocycles. The monoisotopic (exact) mass is 301 g/mol. The molecule has 0 fully saturated rings. The fraction of sp³-hybridized carbons (Fsp3) is 0.267. The van der Waals surface area contributed by atoms with Gasteiger partial charge in [-0.25, -0.2) is 4.79 Å². The van der Waals surface area contributed by atoms with Crippen molar-refractivity contribution in [2.75, 3.05) is 12.4 Å². The van der Waals surface area contributed by atoms with Crippen molar-refractivity contribution in [2.24, 2.45) is 0 Å². The number of H-pyrrole nitrogens is 2. The highest BCUT2D eigenvalue weighted by molar-refractivity contribution is 6.03. The van der Waals surface area contributed by atoms with Crippen LogP contribution in [0, 0.1) is 0 Å². The van der Waals surface area contributed by atoms with Gasteiger partial charge in [-0.1, -0.05) is 0 Å². The van der Waals surface area contributed by atoms with Gasteiger partial charge < -0.3 is 20.0 Å². The van der Waals surface area contributed by atoms with Gasteiger partial charge in [-0.15, -0.1) is 0 Å². The molecule has 7 heteroatoms. The highest BCUT2D eigenvalue weighted by Gasteiger charge is 2.18. The Kier molecular flexibility index (Phi) is 3.54. The van der Waals surface area contributed by atoms with Gasteiger partial charge in [-0.2, -0.15) is 0 Å². The van der Waals surface area contributed by atoms with Gasteiger partial charge in [-0.05, 0) is 37.0 Å². The Morgan fingerprint density at radius 2 is 2.09 bits per heavy atom. The molecule has 1 aliphatic carbocycles. The lowest BCUT2D eigenvalue weighted by atomic mass is 10.2. The zero-order chi connectivity index (χ0) is 15.7. The summed E-state index contributed by atoms with van der Waals surface area (Å²) in [4.78, 5) is 40.7. The number of aromatic amines is 2. The SMILES string of the molecule is COC(=O)c1cc(NC(=O)c2cc3c([nH]2)CCC3)c[nH]c1=O. The van der Waals surface area contributed by atoms with Gasteiger partial charge in [0.05, 0.1) is 12.8 Å². The fourth-order valence-electron chi connectivity index (χ4n) is 2.58. The van der Waals surface area contributed by atoms with Gasteiger partial charge in [0, 0.05) is 11.9 Å². The standard InChI is InChI=1S/C15H15N3O4/c1-22-15(21)10-6-9(7-16-13(10)19)17-14(20)12-5-8-3-2-4-11(8)18-12/h5-7,18H,2-4H2,1H3,(H,16,19)(H,17,20). The number of methoxy groups -OCH3 is 1. The number of fused-ring (bicyclic) bond motifs is 1. The lowest BCUT2D eigenvalue weighted by molar-refractivity contribution is 0.0598. The molecule has 1 aliphatic rings. The second-order valence-corrected chi connectivity index (χ2v) is 5.12. The van der Waals surface area contributed by atoms with Gasteiger partial charge in [0.25, 0.3) is 11.5 Å². The van der Waals surface area contributed by atoms with Crippen LogP contribution in [0.5, 0.6) is 0 Å². The lowest BCUT2D eigenvalue weighted by Crippen LogP contribution is -2.20. The van der Waals surface area contributed by atoms with E-state index in [1.165, 1.54) is 24.9 Å². The van der Waals surface area contributed by atoms with Crippen molar-refractivity contribution < 1.29 is 14.3 Å². The van der Waals surface area contributed by atoms with Crippen molar-refractivity contribution in [3.63, 3.8) is 0 Å². The van der Waals surface area contributed by atoms with Crippen LogP contribution in [-0.2, 0) is 17.6 Å². The maximum atomic E-state index is 12.2. The van der Waals surface area contributed by atoms with Crippen LogP contribution < -0.4 is 10.9 Å². The third-order valence-electron chi connectivity index (χ3n) is 3.68. The minimum Gasteiger partial charge on any atom is -0.465 e. The summed E-state index contributed by atoms with van der Waals surface area (Å²) in [5.41, 5.74) is 2.33. The number of ether oxygens (including phenoxy) is 1. The van der Waals surface area contributed by atoms with E-state index in [4.69, 9.17) is 0 Å². The van der Waals surface area contributed by atoms with E-state index in [1.54, 1.807) is 0 Å². The minimum absolute atomic E-state index is 0.158. The molecule has 114 valence electrons. The molecule has 0 aliphatic heterocycles. The Bertz CT molecular complexity index is 782. The van der Waals surface area contributed by atoms with Gasteiger partial charge in [-0.3, -0.25) is 9.59 Å². The molecule has 2 heterocycles. The largest absolute Gasteiger partial charge is 0.465 e. The first-order chi connectivity index (χ1) is 10.6. The number of hydrogen-bond acceptors (Lipinski definition) is 4. The highest BCUT2D eigenvalue weighted by Crippen LogP contribution is 2.22. The molecule has 0 atom stereocenters. The normalized spacial score (nSPS) is 12.8. The van der Waals surface area contributed by atoms with E-state index in [0.29, 0.717) is 11.4 Å². The number of nitrogens with one attached hydrogen (secondary N) is 3. The summed E-state index contributed by atoms with van der Waals surface area (Å²) < 4.78 is 4.53. The van der Waals surface area contributed by atoms with Gasteiger partial charge in [0.2, 0.25) is 0 Å². The fourth-order valence-corrected chi connectivity index (χ4v) is 2.58. The van der Waals surface area contributed by atoms with E-state index in [-0.39, 0.29) is 11.5 Å². The average molecular weight is 301 g/mol. The highest BCUT2D eigenvalue weighted by atomic mass is 16.5. The van der Waals surface area contributed by atoms with Crippen LogP contribution in [0.3, 0.4) is 0 Å². The molecular weight excluding hydrogens is 286 g/mol. The van der Waals surface area contributed by atoms with Crippen molar-refractivity contribution in [1.29, 1.82) is 0 Å². The van der Waals surface area contributed by atoms with E-state index in [1.807, 2.05) is 6.07 Å². The Balaban J connectivity index is 1.81. The van der Waals surface area contributed by atoms with Gasteiger partial charge >= 0.3 is 5.97 Å². The predicted octanol–water partition coefficient (Wildman–Crippen LogP) is 1.23. The van der Waals surface area contributed by atoms with E-state index >= 15 is 0 Å².